The van der Waals surface area contributed by atoms with Crippen LogP contribution in [0.4, 0.5) is 0 Å². The summed E-state index contributed by atoms with van der Waals surface area (Å²) >= 11 is 1.70. The number of aromatic nitrogens is 1. The number of guanidine groups is 1. The molecule has 0 bridgehead atoms. The molecule has 2 heterocycles. The van der Waals surface area contributed by atoms with Crippen molar-refractivity contribution in [2.45, 2.75) is 40.3 Å². The largest absolute Gasteiger partial charge is 0.379 e. The summed E-state index contributed by atoms with van der Waals surface area (Å²) in [7, 11) is 0. The highest BCUT2D eigenvalue weighted by atomic mass is 32.1. The monoisotopic (exact) mass is 353 g/mol. The molecule has 0 aromatic carbocycles. The molecule has 0 saturated carbocycles. The summed E-state index contributed by atoms with van der Waals surface area (Å²) < 4.78 is 5.48. The van der Waals surface area contributed by atoms with Gasteiger partial charge in [-0.3, -0.25) is 4.90 Å². The van der Waals surface area contributed by atoms with Crippen molar-refractivity contribution in [1.29, 1.82) is 0 Å². The van der Waals surface area contributed by atoms with Gasteiger partial charge in [0.25, 0.3) is 0 Å². The van der Waals surface area contributed by atoms with Gasteiger partial charge in [0, 0.05) is 43.3 Å². The van der Waals surface area contributed by atoms with Gasteiger partial charge >= 0.3 is 0 Å². The molecular weight excluding hydrogens is 322 g/mol. The normalized spacial score (nSPS) is 18.0. The minimum atomic E-state index is 0.489. The van der Waals surface area contributed by atoms with E-state index in [1.165, 1.54) is 4.88 Å². The van der Waals surface area contributed by atoms with Gasteiger partial charge in [-0.2, -0.15) is 0 Å². The van der Waals surface area contributed by atoms with Gasteiger partial charge in [-0.15, -0.1) is 11.3 Å². The average Bonchev–Trinajstić information content (AvgIpc) is 2.99. The minimum absolute atomic E-state index is 0.489. The molecule has 0 amide bonds. The summed E-state index contributed by atoms with van der Waals surface area (Å²) in [6, 6.07) is 0.489. The van der Waals surface area contributed by atoms with Gasteiger partial charge in [0.1, 0.15) is 0 Å². The number of nitrogens with one attached hydrogen (secondary N) is 2. The fraction of sp³-hybridized carbons (Fsp3) is 0.765. The van der Waals surface area contributed by atoms with Gasteiger partial charge in [-0.25, -0.2) is 9.98 Å². The van der Waals surface area contributed by atoms with Gasteiger partial charge in [-0.1, -0.05) is 13.8 Å². The Balaban J connectivity index is 1.92. The summed E-state index contributed by atoms with van der Waals surface area (Å²) in [6.07, 6.45) is 1.91. The standard InChI is InChI=1S/C17H31N5OS/c1-5-18-17(20-11-15-10-19-14(4)24-15)21-12-16(13(2)3)22-6-8-23-9-7-22/h10,13,16H,5-9,11-12H2,1-4H3,(H2,18,20,21). The van der Waals surface area contributed by atoms with Gasteiger partial charge in [0.05, 0.1) is 24.8 Å². The van der Waals surface area contributed by atoms with Gasteiger partial charge in [0.2, 0.25) is 0 Å². The van der Waals surface area contributed by atoms with Crippen LogP contribution in [0.25, 0.3) is 0 Å². The summed E-state index contributed by atoms with van der Waals surface area (Å²) in [5, 5.41) is 7.94. The molecule has 1 aromatic rings. The summed E-state index contributed by atoms with van der Waals surface area (Å²) in [5.41, 5.74) is 0. The zero-order valence-electron chi connectivity index (χ0n) is 15.3. The Morgan fingerprint density at radius 3 is 2.71 bits per heavy atom. The highest BCUT2D eigenvalue weighted by molar-refractivity contribution is 7.11. The molecule has 1 aromatic heterocycles. The average molecular weight is 354 g/mol. The molecule has 0 radical (unpaired) electrons. The van der Waals surface area contributed by atoms with E-state index in [2.05, 4.69) is 41.3 Å². The van der Waals surface area contributed by atoms with Crippen LogP contribution in [0.1, 0.15) is 30.7 Å². The van der Waals surface area contributed by atoms with Crippen LogP contribution in [-0.2, 0) is 11.3 Å². The molecule has 1 fully saturated rings. The number of thiazole rings is 1. The van der Waals surface area contributed by atoms with Crippen LogP contribution in [0.2, 0.25) is 0 Å². The lowest BCUT2D eigenvalue weighted by atomic mass is 10.0. The smallest absolute Gasteiger partial charge is 0.191 e. The highest BCUT2D eigenvalue weighted by Gasteiger charge is 2.23. The van der Waals surface area contributed by atoms with E-state index < -0.39 is 0 Å². The Bertz CT molecular complexity index is 511. The van der Waals surface area contributed by atoms with Gasteiger partial charge in [0.15, 0.2) is 5.96 Å². The first-order chi connectivity index (χ1) is 11.6. The van der Waals surface area contributed by atoms with E-state index in [9.17, 15) is 0 Å². The van der Waals surface area contributed by atoms with Crippen LogP contribution < -0.4 is 10.6 Å². The summed E-state index contributed by atoms with van der Waals surface area (Å²) in [4.78, 5) is 12.7. The number of aryl methyl sites for hydroxylation is 1. The van der Waals surface area contributed by atoms with Gasteiger partial charge < -0.3 is 15.4 Å². The van der Waals surface area contributed by atoms with E-state index >= 15 is 0 Å². The van der Waals surface area contributed by atoms with E-state index in [1.54, 1.807) is 11.3 Å². The molecule has 0 spiro atoms. The van der Waals surface area contributed by atoms with Gasteiger partial charge in [-0.05, 0) is 19.8 Å². The van der Waals surface area contributed by atoms with Crippen molar-refractivity contribution >= 4 is 17.3 Å². The van der Waals surface area contributed by atoms with E-state index in [0.29, 0.717) is 18.5 Å². The molecule has 1 unspecified atom stereocenters. The van der Waals surface area contributed by atoms with Crippen LogP contribution in [0.3, 0.4) is 0 Å². The third-order valence-corrected chi connectivity index (χ3v) is 5.07. The number of rotatable bonds is 7. The lowest BCUT2D eigenvalue weighted by Crippen LogP contribution is -2.52. The molecule has 1 atom stereocenters. The molecule has 6 nitrogen and oxygen atoms in total. The van der Waals surface area contributed by atoms with Crippen molar-refractivity contribution in [3.8, 4) is 0 Å². The lowest BCUT2D eigenvalue weighted by molar-refractivity contribution is 0.00752. The molecule has 2 N–H and O–H groups in total. The third-order valence-electron chi connectivity index (χ3n) is 4.17. The van der Waals surface area contributed by atoms with Crippen LogP contribution in [-0.4, -0.2) is 61.3 Å². The van der Waals surface area contributed by atoms with Crippen molar-refractivity contribution in [3.05, 3.63) is 16.1 Å². The lowest BCUT2D eigenvalue weighted by Gasteiger charge is -2.37. The van der Waals surface area contributed by atoms with Crippen molar-refractivity contribution in [3.63, 3.8) is 0 Å². The van der Waals surface area contributed by atoms with Crippen LogP contribution in [0.15, 0.2) is 11.2 Å². The summed E-state index contributed by atoms with van der Waals surface area (Å²) in [5.74, 6) is 1.46. The summed E-state index contributed by atoms with van der Waals surface area (Å²) in [6.45, 7) is 14.8. The van der Waals surface area contributed by atoms with Crippen LogP contribution in [0, 0.1) is 12.8 Å². The maximum Gasteiger partial charge on any atom is 0.191 e. The maximum atomic E-state index is 5.48. The van der Waals surface area contributed by atoms with E-state index in [-0.39, 0.29) is 0 Å². The first-order valence-electron chi connectivity index (χ1n) is 8.85. The minimum Gasteiger partial charge on any atom is -0.379 e. The van der Waals surface area contributed by atoms with E-state index in [4.69, 9.17) is 9.73 Å². The topological polar surface area (TPSA) is 61.8 Å². The molecule has 136 valence electrons. The Kier molecular flexibility index (Phi) is 7.94. The number of hydrogen-bond acceptors (Lipinski definition) is 5. The number of aliphatic imine (C=N–C) groups is 1. The molecular formula is C17H31N5OS. The molecule has 1 aliphatic heterocycles. The van der Waals surface area contributed by atoms with E-state index in [1.807, 2.05) is 13.1 Å². The first-order valence-corrected chi connectivity index (χ1v) is 9.67. The van der Waals surface area contributed by atoms with Crippen LogP contribution in [0.5, 0.6) is 0 Å². The van der Waals surface area contributed by atoms with E-state index in [0.717, 1.165) is 50.4 Å². The number of hydrogen-bond donors (Lipinski definition) is 2. The van der Waals surface area contributed by atoms with Crippen molar-refractivity contribution in [2.24, 2.45) is 10.9 Å². The highest BCUT2D eigenvalue weighted by Crippen LogP contribution is 2.13. The predicted molar refractivity (Wildman–Crippen MR) is 101 cm³/mol. The zero-order chi connectivity index (χ0) is 17.4. The maximum absolute atomic E-state index is 5.48. The second-order valence-electron chi connectivity index (χ2n) is 6.38. The van der Waals surface area contributed by atoms with Crippen molar-refractivity contribution < 1.29 is 4.74 Å². The Labute approximate surface area is 149 Å². The number of morpholine rings is 1. The van der Waals surface area contributed by atoms with Crippen molar-refractivity contribution in [2.75, 3.05) is 39.4 Å². The molecule has 24 heavy (non-hydrogen) atoms. The Morgan fingerprint density at radius 1 is 1.38 bits per heavy atom. The molecule has 1 saturated heterocycles. The Hall–Kier alpha value is -1.18. The Morgan fingerprint density at radius 2 is 2.12 bits per heavy atom. The second kappa shape index (κ2) is 9.96. The second-order valence-corrected chi connectivity index (χ2v) is 7.70. The quantitative estimate of drug-likeness (QED) is 0.579. The number of ether oxygens (including phenoxy) is 1. The predicted octanol–water partition coefficient (Wildman–Crippen LogP) is 1.86. The molecule has 0 aliphatic carbocycles. The molecule has 2 rings (SSSR count). The first kappa shape index (κ1) is 19.1. The fourth-order valence-corrected chi connectivity index (χ4v) is 3.59. The van der Waals surface area contributed by atoms with Crippen molar-refractivity contribution in [1.82, 2.24) is 20.5 Å². The fourth-order valence-electron chi connectivity index (χ4n) is 2.87. The number of nitrogens with zero attached hydrogens (tertiary/aromatic N) is 3. The van der Waals surface area contributed by atoms with Crippen LogP contribution >= 0.6 is 11.3 Å². The zero-order valence-corrected chi connectivity index (χ0v) is 16.2. The SMILES string of the molecule is CCNC(=NCc1cnc(C)s1)NCC(C(C)C)N1CCOCC1. The molecule has 7 heteroatoms. The third kappa shape index (κ3) is 6.03. The molecule has 1 aliphatic rings.